The summed E-state index contributed by atoms with van der Waals surface area (Å²) >= 11 is 0. The molecule has 0 saturated carbocycles. The highest BCUT2D eigenvalue weighted by Gasteiger charge is 2.20. The van der Waals surface area contributed by atoms with E-state index in [4.69, 9.17) is 0 Å². The van der Waals surface area contributed by atoms with Gasteiger partial charge in [-0.15, -0.1) is 0 Å². The zero-order chi connectivity index (χ0) is 8.39. The van der Waals surface area contributed by atoms with E-state index < -0.39 is 0 Å². The van der Waals surface area contributed by atoms with Crippen molar-refractivity contribution in [3.63, 3.8) is 0 Å². The Morgan fingerprint density at radius 3 is 3.08 bits per heavy atom. The second kappa shape index (κ2) is 2.90. The van der Waals surface area contributed by atoms with Crippen LogP contribution in [0.2, 0.25) is 0 Å². The van der Waals surface area contributed by atoms with E-state index in [0.29, 0.717) is 13.1 Å². The largest absolute Gasteiger partial charge is 0.353 e. The van der Waals surface area contributed by atoms with E-state index in [0.717, 1.165) is 5.82 Å². The van der Waals surface area contributed by atoms with Crippen LogP contribution in [0.25, 0.3) is 0 Å². The maximum atomic E-state index is 10.8. The van der Waals surface area contributed by atoms with Crippen molar-refractivity contribution in [2.75, 3.05) is 13.1 Å². The lowest BCUT2D eigenvalue weighted by molar-refractivity contribution is -0.121. The highest BCUT2D eigenvalue weighted by Crippen LogP contribution is 2.05. The van der Waals surface area contributed by atoms with Crippen molar-refractivity contribution in [3.05, 3.63) is 12.2 Å². The van der Waals surface area contributed by atoms with E-state index >= 15 is 0 Å². The molecule has 3 N–H and O–H groups in total. The Hall–Kier alpha value is -1.43. The van der Waals surface area contributed by atoms with Crippen molar-refractivity contribution in [2.24, 2.45) is 0 Å². The minimum atomic E-state index is 0.0192. The highest BCUT2D eigenvalue weighted by molar-refractivity contribution is 5.78. The summed E-state index contributed by atoms with van der Waals surface area (Å²) < 4.78 is 0. The maximum absolute atomic E-state index is 10.8. The fourth-order valence-electron chi connectivity index (χ4n) is 1.14. The summed E-state index contributed by atoms with van der Waals surface area (Å²) in [6.45, 7) is 0.902. The molecule has 6 heteroatoms. The van der Waals surface area contributed by atoms with E-state index in [2.05, 4.69) is 25.8 Å². The van der Waals surface area contributed by atoms with Gasteiger partial charge in [-0.25, -0.2) is 4.98 Å². The van der Waals surface area contributed by atoms with Crippen LogP contribution in [0.5, 0.6) is 0 Å². The molecule has 12 heavy (non-hydrogen) atoms. The lowest BCUT2D eigenvalue weighted by Crippen LogP contribution is -2.47. The summed E-state index contributed by atoms with van der Waals surface area (Å²) in [5.74, 6) is 0.778. The van der Waals surface area contributed by atoms with Crippen LogP contribution in [0, 0.1) is 0 Å². The smallest absolute Gasteiger partial charge is 0.234 e. The molecule has 1 aliphatic rings. The molecule has 0 spiro atoms. The fraction of sp³-hybridized carbons (Fsp3) is 0.500. The molecular formula is C6H9N5O. The second-order valence-electron chi connectivity index (χ2n) is 2.61. The number of carbonyl (C=O) groups excluding carboxylic acids is 1. The molecule has 1 aromatic rings. The standard InChI is InChI=1S/C6H9N5O/c12-5-2-7-4(1-8-5)6-9-3-10-11-6/h3-4,7H,1-2H2,(H,8,12)(H,9,10,11). The Labute approximate surface area is 68.8 Å². The van der Waals surface area contributed by atoms with Crippen molar-refractivity contribution >= 4 is 5.91 Å². The number of aromatic nitrogens is 3. The van der Waals surface area contributed by atoms with E-state index in [1.807, 2.05) is 0 Å². The minimum absolute atomic E-state index is 0.0192. The Morgan fingerprint density at radius 2 is 2.50 bits per heavy atom. The van der Waals surface area contributed by atoms with Gasteiger partial charge in [-0.05, 0) is 0 Å². The molecule has 1 saturated heterocycles. The lowest BCUT2D eigenvalue weighted by atomic mass is 10.2. The van der Waals surface area contributed by atoms with Crippen LogP contribution in [-0.4, -0.2) is 34.2 Å². The summed E-state index contributed by atoms with van der Waals surface area (Å²) in [7, 11) is 0. The zero-order valence-electron chi connectivity index (χ0n) is 6.37. The van der Waals surface area contributed by atoms with Crippen LogP contribution in [0.1, 0.15) is 11.9 Å². The van der Waals surface area contributed by atoms with E-state index in [-0.39, 0.29) is 11.9 Å². The first-order valence-corrected chi connectivity index (χ1v) is 3.71. The number of amides is 1. The van der Waals surface area contributed by atoms with Crippen molar-refractivity contribution in [1.29, 1.82) is 0 Å². The van der Waals surface area contributed by atoms with Crippen molar-refractivity contribution < 1.29 is 4.79 Å². The SMILES string of the molecule is O=C1CNC(c2ncn[nH]2)CN1. The fourth-order valence-corrected chi connectivity index (χ4v) is 1.14. The van der Waals surface area contributed by atoms with Gasteiger partial charge in [0.1, 0.15) is 12.2 Å². The second-order valence-corrected chi connectivity index (χ2v) is 2.61. The van der Waals surface area contributed by atoms with Crippen molar-refractivity contribution in [1.82, 2.24) is 25.8 Å². The molecule has 0 bridgehead atoms. The van der Waals surface area contributed by atoms with Gasteiger partial charge in [-0.2, -0.15) is 5.10 Å². The maximum Gasteiger partial charge on any atom is 0.234 e. The first-order valence-electron chi connectivity index (χ1n) is 3.71. The van der Waals surface area contributed by atoms with Gasteiger partial charge in [-0.3, -0.25) is 15.2 Å². The topological polar surface area (TPSA) is 82.7 Å². The summed E-state index contributed by atoms with van der Waals surface area (Å²) in [5, 5.41) is 12.2. The quantitative estimate of drug-likeness (QED) is 0.478. The molecule has 0 radical (unpaired) electrons. The number of nitrogens with one attached hydrogen (secondary N) is 3. The van der Waals surface area contributed by atoms with Gasteiger partial charge in [0.25, 0.3) is 0 Å². The molecule has 64 valence electrons. The highest BCUT2D eigenvalue weighted by atomic mass is 16.2. The molecule has 0 aliphatic carbocycles. The van der Waals surface area contributed by atoms with E-state index in [1.165, 1.54) is 6.33 Å². The molecule has 1 atom stereocenters. The molecule has 1 unspecified atom stereocenters. The molecule has 1 aromatic heterocycles. The first-order chi connectivity index (χ1) is 5.86. The molecule has 0 aromatic carbocycles. The van der Waals surface area contributed by atoms with Crippen LogP contribution in [0.4, 0.5) is 0 Å². The molecule has 1 aliphatic heterocycles. The normalized spacial score (nSPS) is 23.7. The average Bonchev–Trinajstić information content (AvgIpc) is 2.58. The summed E-state index contributed by atoms with van der Waals surface area (Å²) in [6, 6.07) is 0.0604. The number of aromatic amines is 1. The first kappa shape index (κ1) is 7.23. The lowest BCUT2D eigenvalue weighted by Gasteiger charge is -2.21. The summed E-state index contributed by atoms with van der Waals surface area (Å²) in [6.07, 6.45) is 1.45. The van der Waals surface area contributed by atoms with Crippen LogP contribution in [0.15, 0.2) is 6.33 Å². The number of carbonyl (C=O) groups is 1. The molecular weight excluding hydrogens is 158 g/mol. The Bertz CT molecular complexity index is 259. The van der Waals surface area contributed by atoms with Crippen LogP contribution in [-0.2, 0) is 4.79 Å². The minimum Gasteiger partial charge on any atom is -0.353 e. The predicted molar refractivity (Wildman–Crippen MR) is 40.1 cm³/mol. The number of piperazine rings is 1. The third-order valence-electron chi connectivity index (χ3n) is 1.78. The number of H-pyrrole nitrogens is 1. The third-order valence-corrected chi connectivity index (χ3v) is 1.78. The molecule has 1 amide bonds. The summed E-state index contributed by atoms with van der Waals surface area (Å²) in [5.41, 5.74) is 0. The average molecular weight is 167 g/mol. The molecule has 1 fully saturated rings. The molecule has 2 heterocycles. The van der Waals surface area contributed by atoms with Crippen LogP contribution >= 0.6 is 0 Å². The van der Waals surface area contributed by atoms with Gasteiger partial charge in [-0.1, -0.05) is 0 Å². The Morgan fingerprint density at radius 1 is 1.58 bits per heavy atom. The number of rotatable bonds is 1. The number of nitrogens with zero attached hydrogens (tertiary/aromatic N) is 2. The van der Waals surface area contributed by atoms with Crippen LogP contribution in [0.3, 0.4) is 0 Å². The molecule has 2 rings (SSSR count). The van der Waals surface area contributed by atoms with Gasteiger partial charge in [0.05, 0.1) is 12.6 Å². The molecule has 6 nitrogen and oxygen atoms in total. The van der Waals surface area contributed by atoms with E-state index in [1.54, 1.807) is 0 Å². The Kier molecular flexibility index (Phi) is 1.75. The van der Waals surface area contributed by atoms with Gasteiger partial charge in [0, 0.05) is 6.54 Å². The number of hydrogen-bond acceptors (Lipinski definition) is 4. The summed E-state index contributed by atoms with van der Waals surface area (Å²) in [4.78, 5) is 14.7. The van der Waals surface area contributed by atoms with Gasteiger partial charge < -0.3 is 5.32 Å². The number of hydrogen-bond donors (Lipinski definition) is 3. The van der Waals surface area contributed by atoms with Crippen molar-refractivity contribution in [3.8, 4) is 0 Å². The van der Waals surface area contributed by atoms with E-state index in [9.17, 15) is 4.79 Å². The van der Waals surface area contributed by atoms with Gasteiger partial charge in [0.15, 0.2) is 0 Å². The van der Waals surface area contributed by atoms with Gasteiger partial charge >= 0.3 is 0 Å². The monoisotopic (exact) mass is 167 g/mol. The van der Waals surface area contributed by atoms with Crippen molar-refractivity contribution in [2.45, 2.75) is 6.04 Å². The third kappa shape index (κ3) is 1.28. The zero-order valence-corrected chi connectivity index (χ0v) is 6.37. The van der Waals surface area contributed by atoms with Gasteiger partial charge in [0.2, 0.25) is 5.91 Å². The Balaban J connectivity index is 2.03. The van der Waals surface area contributed by atoms with Crippen LogP contribution < -0.4 is 10.6 Å². The predicted octanol–water partition coefficient (Wildman–Crippen LogP) is -1.43.